The molecule has 0 heterocycles. The highest BCUT2D eigenvalue weighted by atomic mass is 16.5. The third kappa shape index (κ3) is 4.94. The molecule has 1 amide bonds. The molecule has 0 aromatic heterocycles. The van der Waals surface area contributed by atoms with Crippen molar-refractivity contribution in [1.29, 1.82) is 0 Å². The van der Waals surface area contributed by atoms with Crippen LogP contribution in [0, 0.1) is 0 Å². The molecule has 0 aromatic rings. The van der Waals surface area contributed by atoms with Gasteiger partial charge >= 0.3 is 5.97 Å². The van der Waals surface area contributed by atoms with Gasteiger partial charge in [-0.25, -0.2) is 0 Å². The maximum atomic E-state index is 9.94. The number of rotatable bonds is 3. The van der Waals surface area contributed by atoms with Crippen LogP contribution in [0.25, 0.3) is 0 Å². The van der Waals surface area contributed by atoms with E-state index >= 15 is 0 Å². The zero-order valence-corrected chi connectivity index (χ0v) is 4.51. The van der Waals surface area contributed by atoms with Crippen molar-refractivity contribution >= 4 is 12.4 Å². The van der Waals surface area contributed by atoms with Crippen molar-refractivity contribution in [2.45, 2.75) is 6.92 Å². The van der Waals surface area contributed by atoms with E-state index in [0.29, 0.717) is 6.41 Å². The van der Waals surface area contributed by atoms with E-state index in [9.17, 15) is 9.59 Å². The summed E-state index contributed by atoms with van der Waals surface area (Å²) in [5, 5.41) is 2.16. The Morgan fingerprint density at radius 1 is 1.88 bits per heavy atom. The summed E-state index contributed by atoms with van der Waals surface area (Å²) >= 11 is 0. The Morgan fingerprint density at radius 2 is 2.50 bits per heavy atom. The lowest BCUT2D eigenvalue weighted by molar-refractivity contribution is -0.142. The zero-order chi connectivity index (χ0) is 6.41. The van der Waals surface area contributed by atoms with Crippen LogP contribution in [0.3, 0.4) is 0 Å². The molecule has 0 aromatic carbocycles. The average molecular weight is 117 g/mol. The van der Waals surface area contributed by atoms with Gasteiger partial charge in [-0.2, -0.15) is 0 Å². The first-order valence-corrected chi connectivity index (χ1v) is 2.07. The highest BCUT2D eigenvalue weighted by Crippen LogP contribution is 1.67. The van der Waals surface area contributed by atoms with E-state index in [0.717, 1.165) is 0 Å². The summed E-state index contributed by atoms with van der Waals surface area (Å²) in [5.74, 6) is -0.403. The van der Waals surface area contributed by atoms with Crippen LogP contribution in [-0.2, 0) is 14.3 Å². The summed E-state index contributed by atoms with van der Waals surface area (Å²) in [6, 6.07) is 0. The Kier molecular flexibility index (Phi) is 3.56. The molecule has 4 heteroatoms. The monoisotopic (exact) mass is 117 g/mol. The summed E-state index contributed by atoms with van der Waals surface area (Å²) in [7, 11) is 0. The van der Waals surface area contributed by atoms with E-state index in [1.54, 1.807) is 0 Å². The minimum atomic E-state index is -0.403. The Balaban J connectivity index is 2.93. The van der Waals surface area contributed by atoms with Gasteiger partial charge in [0.15, 0.2) is 6.73 Å². The van der Waals surface area contributed by atoms with Crippen LogP contribution in [0.15, 0.2) is 0 Å². The highest BCUT2D eigenvalue weighted by molar-refractivity contribution is 5.66. The highest BCUT2D eigenvalue weighted by Gasteiger charge is 1.86. The molecular formula is C4H7NO3. The van der Waals surface area contributed by atoms with Crippen molar-refractivity contribution in [3.8, 4) is 0 Å². The third-order valence-electron chi connectivity index (χ3n) is 0.442. The van der Waals surface area contributed by atoms with Gasteiger partial charge in [0.05, 0.1) is 0 Å². The summed E-state index contributed by atoms with van der Waals surface area (Å²) in [4.78, 5) is 19.4. The molecule has 0 saturated carbocycles. The average Bonchev–Trinajstić information content (AvgIpc) is 1.66. The Morgan fingerprint density at radius 3 is 2.88 bits per heavy atom. The molecule has 0 bridgehead atoms. The second-order valence-corrected chi connectivity index (χ2v) is 1.10. The van der Waals surface area contributed by atoms with Crippen LogP contribution in [0.4, 0.5) is 0 Å². The van der Waals surface area contributed by atoms with E-state index in [2.05, 4.69) is 10.1 Å². The molecular weight excluding hydrogens is 110 g/mol. The summed E-state index contributed by atoms with van der Waals surface area (Å²) in [6.45, 7) is 1.23. The van der Waals surface area contributed by atoms with E-state index in [-0.39, 0.29) is 6.73 Å². The number of hydrogen-bond acceptors (Lipinski definition) is 3. The van der Waals surface area contributed by atoms with Gasteiger partial charge in [-0.15, -0.1) is 0 Å². The van der Waals surface area contributed by atoms with Crippen molar-refractivity contribution in [1.82, 2.24) is 5.32 Å². The van der Waals surface area contributed by atoms with Gasteiger partial charge in [0.1, 0.15) is 0 Å². The Labute approximate surface area is 46.8 Å². The third-order valence-corrected chi connectivity index (χ3v) is 0.442. The van der Waals surface area contributed by atoms with Crippen LogP contribution in [0.1, 0.15) is 6.92 Å². The number of amides is 1. The van der Waals surface area contributed by atoms with Crippen molar-refractivity contribution in [2.24, 2.45) is 0 Å². The molecule has 0 atom stereocenters. The molecule has 0 aliphatic carbocycles. The van der Waals surface area contributed by atoms with Gasteiger partial charge in [-0.05, 0) is 0 Å². The lowest BCUT2D eigenvalue weighted by Crippen LogP contribution is -2.17. The molecule has 0 rings (SSSR count). The van der Waals surface area contributed by atoms with Crippen molar-refractivity contribution in [3.63, 3.8) is 0 Å². The first kappa shape index (κ1) is 6.94. The smallest absolute Gasteiger partial charge is 0.304 e. The molecule has 0 saturated heterocycles. The predicted octanol–water partition coefficient (Wildman–Crippen LogP) is -0.747. The van der Waals surface area contributed by atoms with Crippen LogP contribution in [0.5, 0.6) is 0 Å². The Hall–Kier alpha value is -1.06. The van der Waals surface area contributed by atoms with Crippen molar-refractivity contribution in [3.05, 3.63) is 0 Å². The maximum absolute atomic E-state index is 9.94. The molecule has 4 nitrogen and oxygen atoms in total. The molecule has 0 fully saturated rings. The van der Waals surface area contributed by atoms with Crippen LogP contribution < -0.4 is 5.32 Å². The molecule has 0 aliphatic heterocycles. The summed E-state index contributed by atoms with van der Waals surface area (Å²) in [6.07, 6.45) is 0.461. The first-order chi connectivity index (χ1) is 3.77. The molecule has 0 unspecified atom stereocenters. The molecule has 0 radical (unpaired) electrons. The quantitative estimate of drug-likeness (QED) is 0.229. The largest absolute Gasteiger partial charge is 0.445 e. The minimum absolute atomic E-state index is 0.0428. The van der Waals surface area contributed by atoms with E-state index in [1.165, 1.54) is 6.92 Å². The van der Waals surface area contributed by atoms with E-state index in [1.807, 2.05) is 0 Å². The first-order valence-electron chi connectivity index (χ1n) is 2.07. The summed E-state index contributed by atoms with van der Waals surface area (Å²) < 4.78 is 4.30. The second-order valence-electron chi connectivity index (χ2n) is 1.10. The molecule has 8 heavy (non-hydrogen) atoms. The lowest BCUT2D eigenvalue weighted by Gasteiger charge is -1.96. The minimum Gasteiger partial charge on any atom is -0.445 e. The van der Waals surface area contributed by atoms with Crippen LogP contribution >= 0.6 is 0 Å². The number of ether oxygens (including phenoxy) is 1. The van der Waals surface area contributed by atoms with E-state index in [4.69, 9.17) is 0 Å². The van der Waals surface area contributed by atoms with Gasteiger partial charge in [0.25, 0.3) is 0 Å². The van der Waals surface area contributed by atoms with Crippen LogP contribution in [-0.4, -0.2) is 19.1 Å². The van der Waals surface area contributed by atoms with Gasteiger partial charge in [0, 0.05) is 6.92 Å². The molecule has 46 valence electrons. The maximum Gasteiger partial charge on any atom is 0.304 e. The van der Waals surface area contributed by atoms with E-state index < -0.39 is 5.97 Å². The van der Waals surface area contributed by atoms with Gasteiger partial charge in [0.2, 0.25) is 6.41 Å². The topological polar surface area (TPSA) is 55.4 Å². The lowest BCUT2D eigenvalue weighted by atomic mass is 10.8. The molecule has 1 N–H and O–H groups in total. The SMILES string of the molecule is CC(=O)OCNC=O. The number of carbonyl (C=O) groups excluding carboxylic acids is 2. The number of hydrogen-bond donors (Lipinski definition) is 1. The fraction of sp³-hybridized carbons (Fsp3) is 0.500. The van der Waals surface area contributed by atoms with Crippen molar-refractivity contribution < 1.29 is 14.3 Å². The standard InChI is InChI=1S/C4H7NO3/c1-4(7)8-3-5-2-6/h2H,3H2,1H3,(H,5,6). The zero-order valence-electron chi connectivity index (χ0n) is 4.51. The number of nitrogens with one attached hydrogen (secondary N) is 1. The van der Waals surface area contributed by atoms with Gasteiger partial charge in [-0.1, -0.05) is 0 Å². The van der Waals surface area contributed by atoms with Gasteiger partial charge < -0.3 is 10.1 Å². The normalized spacial score (nSPS) is 7.62. The number of esters is 1. The number of carbonyl (C=O) groups is 2. The Bertz CT molecular complexity index is 91.3. The van der Waals surface area contributed by atoms with Crippen LogP contribution in [0.2, 0.25) is 0 Å². The van der Waals surface area contributed by atoms with Gasteiger partial charge in [-0.3, -0.25) is 9.59 Å². The molecule has 0 aliphatic rings. The molecule has 0 spiro atoms. The second kappa shape index (κ2) is 4.11. The fourth-order valence-electron chi connectivity index (χ4n) is 0.177. The predicted molar refractivity (Wildman–Crippen MR) is 25.8 cm³/mol. The van der Waals surface area contributed by atoms with Crippen molar-refractivity contribution in [2.75, 3.05) is 6.73 Å². The summed E-state index contributed by atoms with van der Waals surface area (Å²) in [5.41, 5.74) is 0. The fourth-order valence-corrected chi connectivity index (χ4v) is 0.177.